The summed E-state index contributed by atoms with van der Waals surface area (Å²) in [5.74, 6) is 0.931. The molecule has 1 aromatic carbocycles. The third kappa shape index (κ3) is 3.48. The second kappa shape index (κ2) is 5.90. The Morgan fingerprint density at radius 3 is 3.11 bits per heavy atom. The van der Waals surface area contributed by atoms with Gasteiger partial charge in [-0.25, -0.2) is 0 Å². The Balaban J connectivity index is 1.88. The van der Waals surface area contributed by atoms with E-state index in [0.717, 1.165) is 12.0 Å². The first-order valence-corrected chi connectivity index (χ1v) is 5.99. The van der Waals surface area contributed by atoms with Crippen molar-refractivity contribution >= 4 is 17.4 Å². The van der Waals surface area contributed by atoms with Gasteiger partial charge in [-0.1, -0.05) is 13.0 Å². The highest BCUT2D eigenvalue weighted by Gasteiger charge is 2.08. The van der Waals surface area contributed by atoms with Crippen molar-refractivity contribution in [2.75, 3.05) is 17.7 Å². The first-order valence-electron chi connectivity index (χ1n) is 5.99. The van der Waals surface area contributed by atoms with E-state index in [-0.39, 0.29) is 12.5 Å². The first-order chi connectivity index (χ1) is 9.19. The lowest BCUT2D eigenvalue weighted by atomic mass is 10.2. The van der Waals surface area contributed by atoms with Gasteiger partial charge in [-0.15, -0.1) is 0 Å². The molecule has 0 spiro atoms. The highest BCUT2D eigenvalue weighted by Crippen LogP contribution is 2.15. The summed E-state index contributed by atoms with van der Waals surface area (Å²) in [5.41, 5.74) is 7.17. The standard InChI is InChI=1S/C13H16N4O2/c1-2-9-7-15-17-13(9)16-12(18)8-19-11-5-3-4-10(14)6-11/h3-7H,2,8,14H2,1H3,(H2,15,16,17,18). The molecule has 0 atom stereocenters. The van der Waals surface area contributed by atoms with Crippen LogP contribution in [-0.2, 0) is 11.2 Å². The van der Waals surface area contributed by atoms with E-state index in [4.69, 9.17) is 10.5 Å². The molecular formula is C13H16N4O2. The SMILES string of the molecule is CCc1cn[nH]c1NC(=O)COc1cccc(N)c1. The van der Waals surface area contributed by atoms with Crippen LogP contribution in [0, 0.1) is 0 Å². The van der Waals surface area contributed by atoms with E-state index >= 15 is 0 Å². The Morgan fingerprint density at radius 2 is 2.37 bits per heavy atom. The predicted octanol–water partition coefficient (Wildman–Crippen LogP) is 1.57. The number of anilines is 2. The number of aryl methyl sites for hydroxylation is 1. The number of nitrogens with two attached hydrogens (primary N) is 1. The topological polar surface area (TPSA) is 93.0 Å². The van der Waals surface area contributed by atoms with Crippen LogP contribution in [0.2, 0.25) is 0 Å². The molecule has 1 aromatic heterocycles. The Kier molecular flexibility index (Phi) is 4.02. The number of nitrogens with zero attached hydrogens (tertiary/aromatic N) is 1. The van der Waals surface area contributed by atoms with Gasteiger partial charge in [0.15, 0.2) is 6.61 Å². The fraction of sp³-hybridized carbons (Fsp3) is 0.231. The predicted molar refractivity (Wildman–Crippen MR) is 72.9 cm³/mol. The molecule has 1 heterocycles. The number of nitrogens with one attached hydrogen (secondary N) is 2. The van der Waals surface area contributed by atoms with E-state index in [0.29, 0.717) is 17.3 Å². The van der Waals surface area contributed by atoms with Crippen LogP contribution < -0.4 is 15.8 Å². The van der Waals surface area contributed by atoms with Gasteiger partial charge < -0.3 is 15.8 Å². The molecule has 0 saturated heterocycles. The fourth-order valence-electron chi connectivity index (χ4n) is 1.62. The number of hydrogen-bond donors (Lipinski definition) is 3. The Labute approximate surface area is 111 Å². The number of carbonyl (C=O) groups excluding carboxylic acids is 1. The number of nitrogen functional groups attached to an aromatic ring is 1. The third-order valence-corrected chi connectivity index (χ3v) is 2.59. The maximum absolute atomic E-state index is 11.7. The van der Waals surface area contributed by atoms with Crippen LogP contribution in [0.25, 0.3) is 0 Å². The van der Waals surface area contributed by atoms with Crippen LogP contribution >= 0.6 is 0 Å². The zero-order valence-corrected chi connectivity index (χ0v) is 10.6. The van der Waals surface area contributed by atoms with Gasteiger partial charge in [0.2, 0.25) is 0 Å². The quantitative estimate of drug-likeness (QED) is 0.711. The summed E-state index contributed by atoms with van der Waals surface area (Å²) in [5, 5.41) is 9.33. The van der Waals surface area contributed by atoms with Crippen LogP contribution in [0.1, 0.15) is 12.5 Å². The van der Waals surface area contributed by atoms with Gasteiger partial charge in [0, 0.05) is 17.3 Å². The molecule has 2 aromatic rings. The van der Waals surface area contributed by atoms with Gasteiger partial charge in [-0.05, 0) is 18.6 Å². The van der Waals surface area contributed by atoms with E-state index in [1.807, 2.05) is 6.92 Å². The lowest BCUT2D eigenvalue weighted by Gasteiger charge is -2.07. The summed E-state index contributed by atoms with van der Waals surface area (Å²) in [6, 6.07) is 6.94. The van der Waals surface area contributed by atoms with Crippen molar-refractivity contribution in [2.45, 2.75) is 13.3 Å². The fourth-order valence-corrected chi connectivity index (χ4v) is 1.62. The van der Waals surface area contributed by atoms with E-state index in [1.165, 1.54) is 0 Å². The molecule has 0 aliphatic rings. The maximum atomic E-state index is 11.7. The molecule has 0 saturated carbocycles. The van der Waals surface area contributed by atoms with Gasteiger partial charge in [0.1, 0.15) is 11.6 Å². The number of aromatic amines is 1. The highest BCUT2D eigenvalue weighted by atomic mass is 16.5. The number of rotatable bonds is 5. The molecule has 0 aliphatic carbocycles. The molecule has 0 fully saturated rings. The van der Waals surface area contributed by atoms with Crippen LogP contribution in [-0.4, -0.2) is 22.7 Å². The van der Waals surface area contributed by atoms with Crippen LogP contribution in [0.15, 0.2) is 30.5 Å². The molecule has 0 unspecified atom stereocenters. The second-order valence-corrected chi connectivity index (χ2v) is 4.03. The minimum Gasteiger partial charge on any atom is -0.484 e. The van der Waals surface area contributed by atoms with Crippen LogP contribution in [0.5, 0.6) is 5.75 Å². The van der Waals surface area contributed by atoms with Crippen molar-refractivity contribution in [1.82, 2.24) is 10.2 Å². The minimum atomic E-state index is -0.249. The summed E-state index contributed by atoms with van der Waals surface area (Å²) in [4.78, 5) is 11.7. The van der Waals surface area contributed by atoms with Gasteiger partial charge in [-0.2, -0.15) is 5.10 Å². The van der Waals surface area contributed by atoms with E-state index in [1.54, 1.807) is 30.5 Å². The summed E-state index contributed by atoms with van der Waals surface area (Å²) < 4.78 is 5.34. The van der Waals surface area contributed by atoms with Crippen molar-refractivity contribution in [1.29, 1.82) is 0 Å². The summed E-state index contributed by atoms with van der Waals surface area (Å²) in [6.45, 7) is 1.91. The van der Waals surface area contributed by atoms with E-state index in [2.05, 4.69) is 15.5 Å². The summed E-state index contributed by atoms with van der Waals surface area (Å²) >= 11 is 0. The number of benzene rings is 1. The van der Waals surface area contributed by atoms with Gasteiger partial charge in [-0.3, -0.25) is 9.89 Å². The molecule has 0 bridgehead atoms. The number of carbonyl (C=O) groups is 1. The number of hydrogen-bond acceptors (Lipinski definition) is 4. The van der Waals surface area contributed by atoms with Crippen molar-refractivity contribution in [3.63, 3.8) is 0 Å². The summed E-state index contributed by atoms with van der Waals surface area (Å²) in [7, 11) is 0. The minimum absolute atomic E-state index is 0.0778. The molecule has 6 nitrogen and oxygen atoms in total. The first kappa shape index (κ1) is 12.9. The Bertz CT molecular complexity index is 565. The number of aromatic nitrogens is 2. The molecule has 4 N–H and O–H groups in total. The zero-order valence-electron chi connectivity index (χ0n) is 10.6. The van der Waals surface area contributed by atoms with Crippen molar-refractivity contribution in [3.05, 3.63) is 36.0 Å². The molecule has 6 heteroatoms. The average Bonchev–Trinajstić information content (AvgIpc) is 2.84. The molecule has 0 aliphatic heterocycles. The summed E-state index contributed by atoms with van der Waals surface area (Å²) in [6.07, 6.45) is 2.48. The average molecular weight is 260 g/mol. The highest BCUT2D eigenvalue weighted by molar-refractivity contribution is 5.91. The van der Waals surface area contributed by atoms with Crippen LogP contribution in [0.4, 0.5) is 11.5 Å². The van der Waals surface area contributed by atoms with Crippen LogP contribution in [0.3, 0.4) is 0 Å². The lowest BCUT2D eigenvalue weighted by molar-refractivity contribution is -0.118. The molecular weight excluding hydrogens is 244 g/mol. The van der Waals surface area contributed by atoms with Gasteiger partial charge >= 0.3 is 0 Å². The molecule has 1 amide bonds. The molecule has 100 valence electrons. The maximum Gasteiger partial charge on any atom is 0.263 e. The number of ether oxygens (including phenoxy) is 1. The Morgan fingerprint density at radius 1 is 1.53 bits per heavy atom. The lowest BCUT2D eigenvalue weighted by Crippen LogP contribution is -2.21. The normalized spacial score (nSPS) is 10.2. The molecule has 19 heavy (non-hydrogen) atoms. The smallest absolute Gasteiger partial charge is 0.263 e. The number of amides is 1. The molecule has 2 rings (SSSR count). The Hall–Kier alpha value is -2.50. The second-order valence-electron chi connectivity index (χ2n) is 4.03. The van der Waals surface area contributed by atoms with E-state index < -0.39 is 0 Å². The molecule has 0 radical (unpaired) electrons. The largest absolute Gasteiger partial charge is 0.484 e. The van der Waals surface area contributed by atoms with Crippen molar-refractivity contribution in [3.8, 4) is 5.75 Å². The number of H-pyrrole nitrogens is 1. The van der Waals surface area contributed by atoms with E-state index in [9.17, 15) is 4.79 Å². The monoisotopic (exact) mass is 260 g/mol. The van der Waals surface area contributed by atoms with Crippen molar-refractivity contribution in [2.24, 2.45) is 0 Å². The van der Waals surface area contributed by atoms with Gasteiger partial charge in [0.05, 0.1) is 6.20 Å². The zero-order chi connectivity index (χ0) is 13.7. The van der Waals surface area contributed by atoms with Gasteiger partial charge in [0.25, 0.3) is 5.91 Å². The van der Waals surface area contributed by atoms with Crippen molar-refractivity contribution < 1.29 is 9.53 Å². The third-order valence-electron chi connectivity index (χ3n) is 2.59.